The van der Waals surface area contributed by atoms with Crippen molar-refractivity contribution in [3.05, 3.63) is 52.4 Å². The maximum Gasteiger partial charge on any atom is 0.255 e. The lowest BCUT2D eigenvalue weighted by Crippen LogP contribution is -2.57. The average Bonchev–Trinajstić information content (AvgIpc) is 2.74. The monoisotopic (exact) mass is 383 g/mol. The molecule has 0 aliphatic carbocycles. The van der Waals surface area contributed by atoms with Gasteiger partial charge in [-0.3, -0.25) is 14.2 Å². The summed E-state index contributed by atoms with van der Waals surface area (Å²) in [7, 11) is 3.10. The van der Waals surface area contributed by atoms with E-state index in [9.17, 15) is 9.59 Å². The second-order valence-corrected chi connectivity index (χ2v) is 7.38. The van der Waals surface area contributed by atoms with Gasteiger partial charge in [-0.1, -0.05) is 0 Å². The number of nitrogens with zero attached hydrogens (tertiary/aromatic N) is 2. The van der Waals surface area contributed by atoms with Crippen LogP contribution in [-0.4, -0.2) is 55.3 Å². The number of pyridine rings is 1. The second-order valence-electron chi connectivity index (χ2n) is 7.38. The molecule has 1 aromatic heterocycles. The molecular formula is C21H25N3O4. The Morgan fingerprint density at radius 3 is 2.46 bits per heavy atom. The van der Waals surface area contributed by atoms with Crippen LogP contribution in [0.25, 0.3) is 5.69 Å². The van der Waals surface area contributed by atoms with E-state index in [0.717, 1.165) is 32.5 Å². The summed E-state index contributed by atoms with van der Waals surface area (Å²) in [6, 6.07) is 8.39. The van der Waals surface area contributed by atoms with Gasteiger partial charge in [0.25, 0.3) is 11.5 Å². The van der Waals surface area contributed by atoms with Gasteiger partial charge in [-0.05, 0) is 50.0 Å². The highest BCUT2D eigenvalue weighted by atomic mass is 16.5. The van der Waals surface area contributed by atoms with Gasteiger partial charge in [-0.15, -0.1) is 0 Å². The molecule has 1 amide bonds. The molecule has 28 heavy (non-hydrogen) atoms. The average molecular weight is 383 g/mol. The minimum Gasteiger partial charge on any atom is -0.493 e. The summed E-state index contributed by atoms with van der Waals surface area (Å²) in [5.41, 5.74) is 0.859. The molecule has 3 saturated heterocycles. The first kappa shape index (κ1) is 18.6. The van der Waals surface area contributed by atoms with Crippen LogP contribution in [0.1, 0.15) is 23.2 Å². The number of hydrogen-bond donors (Lipinski definition) is 1. The number of fused-ring (bicyclic) bond motifs is 3. The van der Waals surface area contributed by atoms with Gasteiger partial charge in [-0.25, -0.2) is 0 Å². The minimum atomic E-state index is -0.216. The number of amides is 1. The van der Waals surface area contributed by atoms with Crippen molar-refractivity contribution in [2.24, 2.45) is 5.92 Å². The van der Waals surface area contributed by atoms with E-state index >= 15 is 0 Å². The van der Waals surface area contributed by atoms with E-state index in [1.165, 1.54) is 10.6 Å². The second kappa shape index (κ2) is 7.67. The number of carbonyl (C=O) groups excluding carboxylic acids is 1. The Kier molecular flexibility index (Phi) is 5.09. The highest BCUT2D eigenvalue weighted by Crippen LogP contribution is 2.29. The van der Waals surface area contributed by atoms with E-state index in [4.69, 9.17) is 9.47 Å². The predicted molar refractivity (Wildman–Crippen MR) is 106 cm³/mol. The van der Waals surface area contributed by atoms with Crippen molar-refractivity contribution in [1.82, 2.24) is 14.8 Å². The van der Waals surface area contributed by atoms with Crippen LogP contribution in [0.3, 0.4) is 0 Å². The van der Waals surface area contributed by atoms with Crippen molar-refractivity contribution in [2.45, 2.75) is 18.9 Å². The largest absolute Gasteiger partial charge is 0.493 e. The number of carbonyl (C=O) groups is 1. The summed E-state index contributed by atoms with van der Waals surface area (Å²) >= 11 is 0. The van der Waals surface area contributed by atoms with Crippen LogP contribution < -0.4 is 20.3 Å². The smallest absolute Gasteiger partial charge is 0.255 e. The number of ether oxygens (including phenoxy) is 2. The standard InChI is InChI=1S/C21H25N3O4/c1-27-18-5-4-16(11-19(18)28-2)24-12-15(3-6-20(24)25)21(26)22-17-13-23-9-7-14(17)8-10-23/h3-6,11-12,14,17H,7-10,13H2,1-2H3,(H,22,26). The first-order valence-electron chi connectivity index (χ1n) is 9.57. The number of benzene rings is 1. The summed E-state index contributed by atoms with van der Waals surface area (Å²) in [4.78, 5) is 27.6. The van der Waals surface area contributed by atoms with E-state index in [1.54, 1.807) is 44.7 Å². The van der Waals surface area contributed by atoms with Gasteiger partial charge in [0.2, 0.25) is 0 Å². The summed E-state index contributed by atoms with van der Waals surface area (Å²) in [6.45, 7) is 3.16. The lowest BCUT2D eigenvalue weighted by Gasteiger charge is -2.44. The van der Waals surface area contributed by atoms with Crippen LogP contribution in [0.2, 0.25) is 0 Å². The van der Waals surface area contributed by atoms with Gasteiger partial charge in [0, 0.05) is 30.9 Å². The summed E-state index contributed by atoms with van der Waals surface area (Å²) in [5.74, 6) is 1.50. The van der Waals surface area contributed by atoms with Gasteiger partial charge in [0.05, 0.1) is 25.5 Å². The Hall–Kier alpha value is -2.80. The highest BCUT2D eigenvalue weighted by molar-refractivity contribution is 5.94. The maximum absolute atomic E-state index is 12.8. The molecule has 3 aliphatic heterocycles. The lowest BCUT2D eigenvalue weighted by molar-refractivity contribution is 0.0620. The fourth-order valence-corrected chi connectivity index (χ4v) is 4.18. The molecule has 1 N–H and O–H groups in total. The van der Waals surface area contributed by atoms with Crippen molar-refractivity contribution < 1.29 is 14.3 Å². The normalized spacial score (nSPS) is 23.3. The van der Waals surface area contributed by atoms with Crippen LogP contribution in [-0.2, 0) is 0 Å². The molecule has 4 heterocycles. The molecule has 1 atom stereocenters. The Morgan fingerprint density at radius 2 is 1.82 bits per heavy atom. The zero-order chi connectivity index (χ0) is 19.7. The lowest BCUT2D eigenvalue weighted by atomic mass is 9.84. The van der Waals surface area contributed by atoms with Crippen LogP contribution >= 0.6 is 0 Å². The number of nitrogens with one attached hydrogen (secondary N) is 1. The Morgan fingerprint density at radius 1 is 1.07 bits per heavy atom. The number of hydrogen-bond acceptors (Lipinski definition) is 5. The first-order valence-corrected chi connectivity index (χ1v) is 9.57. The summed E-state index contributed by atoms with van der Waals surface area (Å²) in [6.07, 6.45) is 3.85. The van der Waals surface area contributed by atoms with E-state index in [2.05, 4.69) is 10.2 Å². The third-order valence-electron chi connectivity index (χ3n) is 5.79. The Labute approximate surface area is 163 Å². The fraction of sp³-hybridized carbons (Fsp3) is 0.429. The molecule has 148 valence electrons. The van der Waals surface area contributed by atoms with E-state index in [-0.39, 0.29) is 17.5 Å². The minimum absolute atomic E-state index is 0.145. The van der Waals surface area contributed by atoms with Crippen molar-refractivity contribution in [3.8, 4) is 17.2 Å². The van der Waals surface area contributed by atoms with E-state index in [1.807, 2.05) is 0 Å². The third-order valence-corrected chi connectivity index (χ3v) is 5.79. The molecule has 0 saturated carbocycles. The first-order chi connectivity index (χ1) is 13.6. The van der Waals surface area contributed by atoms with Crippen molar-refractivity contribution >= 4 is 5.91 Å². The molecule has 0 spiro atoms. The van der Waals surface area contributed by atoms with Crippen LogP contribution in [0, 0.1) is 5.92 Å². The third kappa shape index (κ3) is 3.49. The van der Waals surface area contributed by atoms with Crippen LogP contribution in [0.5, 0.6) is 11.5 Å². The molecule has 1 aromatic carbocycles. The van der Waals surface area contributed by atoms with Gasteiger partial charge in [0.15, 0.2) is 11.5 Å². The topological polar surface area (TPSA) is 72.8 Å². The van der Waals surface area contributed by atoms with E-state index < -0.39 is 0 Å². The SMILES string of the molecule is COc1ccc(-n2cc(C(=O)NC3CN4CCC3CC4)ccc2=O)cc1OC. The number of methoxy groups -OCH3 is 2. The molecule has 0 radical (unpaired) electrons. The van der Waals surface area contributed by atoms with Gasteiger partial charge in [0.1, 0.15) is 0 Å². The summed E-state index contributed by atoms with van der Waals surface area (Å²) in [5, 5.41) is 3.16. The molecule has 7 nitrogen and oxygen atoms in total. The molecule has 1 unspecified atom stereocenters. The maximum atomic E-state index is 12.8. The highest BCUT2D eigenvalue weighted by Gasteiger charge is 2.35. The molecule has 7 heteroatoms. The zero-order valence-corrected chi connectivity index (χ0v) is 16.2. The van der Waals surface area contributed by atoms with E-state index in [0.29, 0.717) is 28.7 Å². The van der Waals surface area contributed by atoms with Crippen molar-refractivity contribution in [3.63, 3.8) is 0 Å². The number of rotatable bonds is 5. The van der Waals surface area contributed by atoms with Crippen molar-refractivity contribution in [1.29, 1.82) is 0 Å². The quantitative estimate of drug-likeness (QED) is 0.851. The van der Waals surface area contributed by atoms with Crippen molar-refractivity contribution in [2.75, 3.05) is 33.9 Å². The molecule has 3 aliphatic rings. The molecular weight excluding hydrogens is 358 g/mol. The van der Waals surface area contributed by atoms with Gasteiger partial charge < -0.3 is 19.7 Å². The Balaban J connectivity index is 1.58. The molecule has 3 fully saturated rings. The zero-order valence-electron chi connectivity index (χ0n) is 16.2. The Bertz CT molecular complexity index is 931. The fourth-order valence-electron chi connectivity index (χ4n) is 4.18. The number of piperidine rings is 3. The molecule has 2 aromatic rings. The van der Waals surface area contributed by atoms with Gasteiger partial charge in [-0.2, -0.15) is 0 Å². The number of aromatic nitrogens is 1. The summed E-state index contributed by atoms with van der Waals surface area (Å²) < 4.78 is 12.0. The van der Waals surface area contributed by atoms with Gasteiger partial charge >= 0.3 is 0 Å². The molecule has 5 rings (SSSR count). The van der Waals surface area contributed by atoms with Crippen LogP contribution in [0.15, 0.2) is 41.3 Å². The van der Waals surface area contributed by atoms with Crippen LogP contribution in [0.4, 0.5) is 0 Å². The predicted octanol–water partition coefficient (Wildman–Crippen LogP) is 1.68. The molecule has 2 bridgehead atoms.